The summed E-state index contributed by atoms with van der Waals surface area (Å²) in [5.41, 5.74) is 3.42. The molecular formula is C43H39NO4. The van der Waals surface area contributed by atoms with Crippen LogP contribution in [0, 0.1) is 0 Å². The standard InChI is InChI=1S/C43H39NO4/c1-7-15-37-31(9-1)17-19-40-42(37)43-38-16-8-2-10-32(38)18-20-41(43)48-28-26-46-24-22-44(21-23-45-25-27-47-40)30-39-35-13-5-3-11-33(35)29-34-12-4-6-14-36(34)39/h1-20,29H,21-28,30H2. The fourth-order valence-electron chi connectivity index (χ4n) is 7.04. The summed E-state index contributed by atoms with van der Waals surface area (Å²) in [6.45, 7) is 5.47. The lowest BCUT2D eigenvalue weighted by molar-refractivity contribution is 0.0540. The maximum Gasteiger partial charge on any atom is 0.128 e. The van der Waals surface area contributed by atoms with Crippen molar-refractivity contribution in [3.63, 3.8) is 0 Å². The highest BCUT2D eigenvalue weighted by molar-refractivity contribution is 6.09. The first-order valence-corrected chi connectivity index (χ1v) is 16.9. The summed E-state index contributed by atoms with van der Waals surface area (Å²) in [6.07, 6.45) is 0. The van der Waals surface area contributed by atoms with Crippen LogP contribution in [0.25, 0.3) is 54.2 Å². The molecule has 0 saturated carbocycles. The van der Waals surface area contributed by atoms with Gasteiger partial charge in [-0.05, 0) is 66.9 Å². The first-order chi connectivity index (χ1) is 23.8. The van der Waals surface area contributed by atoms with E-state index in [2.05, 4.69) is 132 Å². The van der Waals surface area contributed by atoms with Gasteiger partial charge in [-0.1, -0.05) is 109 Å². The van der Waals surface area contributed by atoms with Gasteiger partial charge in [-0.25, -0.2) is 0 Å². The molecule has 8 rings (SSSR count). The quantitative estimate of drug-likeness (QED) is 0.178. The maximum absolute atomic E-state index is 6.53. The molecule has 0 saturated heterocycles. The van der Waals surface area contributed by atoms with Crippen LogP contribution in [-0.4, -0.2) is 57.6 Å². The molecule has 48 heavy (non-hydrogen) atoms. The highest BCUT2D eigenvalue weighted by Crippen LogP contribution is 2.45. The Hall–Kier alpha value is -4.94. The van der Waals surface area contributed by atoms with Crippen LogP contribution in [0.2, 0.25) is 0 Å². The van der Waals surface area contributed by atoms with Crippen molar-refractivity contribution in [2.24, 2.45) is 0 Å². The fraction of sp³-hybridized carbons (Fsp3) is 0.209. The Morgan fingerprint density at radius 2 is 0.854 bits per heavy atom. The normalized spacial score (nSPS) is 15.4. The molecule has 240 valence electrons. The van der Waals surface area contributed by atoms with Gasteiger partial charge in [0.2, 0.25) is 0 Å². The molecular weight excluding hydrogens is 594 g/mol. The first kappa shape index (κ1) is 30.4. The first-order valence-electron chi connectivity index (χ1n) is 16.9. The SMILES string of the molecule is c1ccc2c3c(ccc2c1)OCCOCCN(Cc1c2ccccc2cc2ccccc12)CCOCCOc1ccc2ccccc2c1-3. The van der Waals surface area contributed by atoms with E-state index < -0.39 is 0 Å². The van der Waals surface area contributed by atoms with Crippen LogP contribution in [0.1, 0.15) is 5.56 Å². The van der Waals surface area contributed by atoms with Gasteiger partial charge in [-0.3, -0.25) is 4.90 Å². The summed E-state index contributed by atoms with van der Waals surface area (Å²) in [5.74, 6) is 1.65. The second-order valence-corrected chi connectivity index (χ2v) is 12.3. The van der Waals surface area contributed by atoms with Gasteiger partial charge < -0.3 is 18.9 Å². The zero-order valence-corrected chi connectivity index (χ0v) is 27.1. The third kappa shape index (κ3) is 6.20. The van der Waals surface area contributed by atoms with E-state index in [0.717, 1.165) is 63.8 Å². The fourth-order valence-corrected chi connectivity index (χ4v) is 7.04. The summed E-state index contributed by atoms with van der Waals surface area (Å²) in [7, 11) is 0. The number of rotatable bonds is 2. The highest BCUT2D eigenvalue weighted by Gasteiger charge is 2.20. The second-order valence-electron chi connectivity index (χ2n) is 12.3. The molecule has 0 unspecified atom stereocenters. The summed E-state index contributed by atoms with van der Waals surface area (Å²) in [4.78, 5) is 2.44. The van der Waals surface area contributed by atoms with Crippen molar-refractivity contribution in [2.75, 3.05) is 52.7 Å². The Balaban J connectivity index is 1.09. The molecule has 1 aliphatic heterocycles. The van der Waals surface area contributed by atoms with E-state index in [9.17, 15) is 0 Å². The summed E-state index contributed by atoms with van der Waals surface area (Å²) < 4.78 is 25.5. The summed E-state index contributed by atoms with van der Waals surface area (Å²) >= 11 is 0. The van der Waals surface area contributed by atoms with Gasteiger partial charge >= 0.3 is 0 Å². The molecule has 0 bridgehead atoms. The van der Waals surface area contributed by atoms with E-state index in [0.29, 0.717) is 39.6 Å². The molecule has 0 fully saturated rings. The number of benzene rings is 7. The molecule has 0 radical (unpaired) electrons. The van der Waals surface area contributed by atoms with E-state index in [1.807, 2.05) is 0 Å². The van der Waals surface area contributed by atoms with Gasteiger partial charge in [0.05, 0.1) is 26.4 Å². The van der Waals surface area contributed by atoms with E-state index >= 15 is 0 Å². The van der Waals surface area contributed by atoms with Gasteiger partial charge in [0.1, 0.15) is 24.7 Å². The average Bonchev–Trinajstić information content (AvgIpc) is 3.13. The number of ether oxygens (including phenoxy) is 4. The van der Waals surface area contributed by atoms with Crippen molar-refractivity contribution in [1.29, 1.82) is 0 Å². The van der Waals surface area contributed by atoms with Gasteiger partial charge in [-0.2, -0.15) is 0 Å². The Morgan fingerprint density at radius 1 is 0.417 bits per heavy atom. The van der Waals surface area contributed by atoms with Crippen LogP contribution < -0.4 is 9.47 Å². The van der Waals surface area contributed by atoms with Crippen molar-refractivity contribution in [1.82, 2.24) is 4.90 Å². The van der Waals surface area contributed by atoms with Crippen molar-refractivity contribution < 1.29 is 18.9 Å². The minimum absolute atomic E-state index is 0.448. The minimum atomic E-state index is 0.448. The van der Waals surface area contributed by atoms with Crippen molar-refractivity contribution in [2.45, 2.75) is 6.54 Å². The van der Waals surface area contributed by atoms with Crippen LogP contribution in [0.3, 0.4) is 0 Å². The van der Waals surface area contributed by atoms with Gasteiger partial charge in [0.15, 0.2) is 0 Å². The van der Waals surface area contributed by atoms with Gasteiger partial charge in [0.25, 0.3) is 0 Å². The topological polar surface area (TPSA) is 40.2 Å². The van der Waals surface area contributed by atoms with Crippen molar-refractivity contribution >= 4 is 43.1 Å². The number of nitrogens with zero attached hydrogens (tertiary/aromatic N) is 1. The molecule has 0 amide bonds. The van der Waals surface area contributed by atoms with Crippen molar-refractivity contribution in [3.8, 4) is 22.6 Å². The Kier molecular flexibility index (Phi) is 8.89. The lowest BCUT2D eigenvalue weighted by atomic mass is 9.92. The minimum Gasteiger partial charge on any atom is -0.491 e. The zero-order chi connectivity index (χ0) is 32.1. The van der Waals surface area contributed by atoms with Gasteiger partial charge in [-0.15, -0.1) is 0 Å². The molecule has 0 atom stereocenters. The third-order valence-electron chi connectivity index (χ3n) is 9.37. The monoisotopic (exact) mass is 633 g/mol. The second kappa shape index (κ2) is 14.0. The molecule has 0 aromatic heterocycles. The third-order valence-corrected chi connectivity index (χ3v) is 9.37. The van der Waals surface area contributed by atoms with Crippen LogP contribution in [0.4, 0.5) is 0 Å². The molecule has 5 nitrogen and oxygen atoms in total. The van der Waals surface area contributed by atoms with Crippen LogP contribution in [-0.2, 0) is 16.0 Å². The highest BCUT2D eigenvalue weighted by atomic mass is 16.5. The molecule has 5 heteroatoms. The number of hydrogen-bond donors (Lipinski definition) is 0. The maximum atomic E-state index is 6.53. The van der Waals surface area contributed by atoms with Gasteiger partial charge in [0, 0.05) is 30.8 Å². The molecule has 0 aliphatic carbocycles. The molecule has 0 spiro atoms. The molecule has 0 N–H and O–H groups in total. The lowest BCUT2D eigenvalue weighted by Gasteiger charge is -2.24. The summed E-state index contributed by atoms with van der Waals surface area (Å²) in [5, 5.41) is 9.68. The van der Waals surface area contributed by atoms with Crippen LogP contribution in [0.5, 0.6) is 11.5 Å². The zero-order valence-electron chi connectivity index (χ0n) is 27.1. The molecule has 1 heterocycles. The van der Waals surface area contributed by atoms with Crippen LogP contribution in [0.15, 0.2) is 127 Å². The predicted octanol–water partition coefficient (Wildman–Crippen LogP) is 9.27. The Morgan fingerprint density at radius 3 is 1.35 bits per heavy atom. The molecule has 7 aromatic carbocycles. The van der Waals surface area contributed by atoms with E-state index in [4.69, 9.17) is 18.9 Å². The van der Waals surface area contributed by atoms with E-state index in [1.165, 1.54) is 27.1 Å². The predicted molar refractivity (Wildman–Crippen MR) is 196 cm³/mol. The number of fused-ring (bicyclic) bond motifs is 9. The Labute approximate surface area is 281 Å². The summed E-state index contributed by atoms with van der Waals surface area (Å²) in [6, 6.07) is 45.0. The average molecular weight is 634 g/mol. The molecule has 7 aromatic rings. The largest absolute Gasteiger partial charge is 0.491 e. The number of hydrogen-bond acceptors (Lipinski definition) is 5. The smallest absolute Gasteiger partial charge is 0.128 e. The molecule has 1 aliphatic rings. The van der Waals surface area contributed by atoms with Crippen molar-refractivity contribution in [3.05, 3.63) is 133 Å². The van der Waals surface area contributed by atoms with Crippen LogP contribution >= 0.6 is 0 Å². The lowest BCUT2D eigenvalue weighted by Crippen LogP contribution is -2.31. The Bertz CT molecular complexity index is 2060. The van der Waals surface area contributed by atoms with E-state index in [1.54, 1.807) is 0 Å². The van der Waals surface area contributed by atoms with E-state index in [-0.39, 0.29) is 0 Å².